The Kier molecular flexibility index (Phi) is 12.1. The van der Waals surface area contributed by atoms with Gasteiger partial charge in [-0.25, -0.2) is 27.1 Å². The van der Waals surface area contributed by atoms with Gasteiger partial charge in [0.25, 0.3) is 5.09 Å². The summed E-state index contributed by atoms with van der Waals surface area (Å²) < 4.78 is 44.3. The molecule has 0 aliphatic rings. The van der Waals surface area contributed by atoms with Gasteiger partial charge in [0, 0.05) is 24.6 Å². The summed E-state index contributed by atoms with van der Waals surface area (Å²) in [6.07, 6.45) is 0.893. The van der Waals surface area contributed by atoms with Crippen molar-refractivity contribution in [2.45, 2.75) is 58.0 Å². The Hall–Kier alpha value is -4.47. The molecule has 0 unspecified atom stereocenters. The van der Waals surface area contributed by atoms with E-state index in [1.165, 1.54) is 37.4 Å². The van der Waals surface area contributed by atoms with E-state index < -0.39 is 45.5 Å². The van der Waals surface area contributed by atoms with Crippen molar-refractivity contribution >= 4 is 28.0 Å². The number of aliphatic hydroxyl groups is 2. The highest BCUT2D eigenvalue weighted by Crippen LogP contribution is 2.31. The average molecular weight is 647 g/mol. The summed E-state index contributed by atoms with van der Waals surface area (Å²) in [5, 5.41) is 30.6. The minimum Gasteiger partial charge on any atom is -0.461 e. The number of hydrogen-bond acceptors (Lipinski definition) is 11. The van der Waals surface area contributed by atoms with Crippen molar-refractivity contribution in [2.24, 2.45) is 0 Å². The molecule has 45 heavy (non-hydrogen) atoms. The van der Waals surface area contributed by atoms with Crippen LogP contribution in [0.1, 0.15) is 55.0 Å². The third-order valence-corrected chi connectivity index (χ3v) is 7.69. The van der Waals surface area contributed by atoms with Crippen molar-refractivity contribution in [3.63, 3.8) is 0 Å². The summed E-state index contributed by atoms with van der Waals surface area (Å²) in [6, 6.07) is 12.0. The first-order chi connectivity index (χ1) is 21.1. The molecule has 2 N–H and O–H groups in total. The van der Waals surface area contributed by atoms with Gasteiger partial charge in [0.2, 0.25) is 16.0 Å². The number of aromatic nitrogens is 2. The van der Waals surface area contributed by atoms with E-state index in [0.717, 1.165) is 10.6 Å². The molecule has 0 saturated carbocycles. The highest BCUT2D eigenvalue weighted by molar-refractivity contribution is 7.92. The zero-order valence-electron chi connectivity index (χ0n) is 25.2. The summed E-state index contributed by atoms with van der Waals surface area (Å²) in [5.41, 5.74) is 2.80. The number of sulfonamides is 1. The summed E-state index contributed by atoms with van der Waals surface area (Å²) in [4.78, 5) is 36.0. The molecule has 1 heterocycles. The van der Waals surface area contributed by atoms with Crippen LogP contribution in [0.25, 0.3) is 17.3 Å². The van der Waals surface area contributed by atoms with Crippen LogP contribution in [0, 0.1) is 15.9 Å². The monoisotopic (exact) mass is 646 g/mol. The zero-order valence-corrected chi connectivity index (χ0v) is 26.0. The number of halogens is 1. The van der Waals surface area contributed by atoms with Gasteiger partial charge in [-0.2, -0.15) is 0 Å². The minimum atomic E-state index is -3.70. The van der Waals surface area contributed by atoms with E-state index in [1.54, 1.807) is 30.3 Å². The van der Waals surface area contributed by atoms with E-state index in [2.05, 4.69) is 14.8 Å². The maximum Gasteiger partial charge on any atom is 0.308 e. The highest BCUT2D eigenvalue weighted by Gasteiger charge is 2.23. The molecule has 0 aliphatic carbocycles. The number of ether oxygens (including phenoxy) is 1. The van der Waals surface area contributed by atoms with Gasteiger partial charge in [-0.05, 0) is 41.3 Å². The lowest BCUT2D eigenvalue weighted by atomic mass is 9.97. The molecular weight excluding hydrogens is 611 g/mol. The third-order valence-electron chi connectivity index (χ3n) is 6.54. The first-order valence-electron chi connectivity index (χ1n) is 13.8. The van der Waals surface area contributed by atoms with Crippen LogP contribution in [0.4, 0.5) is 10.3 Å². The Labute approximate surface area is 260 Å². The molecular formula is C30H35FN4O9S. The molecule has 2 atom stereocenters. The van der Waals surface area contributed by atoms with E-state index >= 15 is 0 Å². The molecule has 242 valence electrons. The fourth-order valence-corrected chi connectivity index (χ4v) is 4.57. The summed E-state index contributed by atoms with van der Waals surface area (Å²) in [5.74, 6) is -1.48. The van der Waals surface area contributed by atoms with Crippen molar-refractivity contribution in [3.8, 4) is 11.3 Å². The number of rotatable bonds is 15. The lowest BCUT2D eigenvalue weighted by Crippen LogP contribution is -2.27. The van der Waals surface area contributed by atoms with E-state index in [-0.39, 0.29) is 31.5 Å². The second kappa shape index (κ2) is 15.5. The maximum atomic E-state index is 13.7. The van der Waals surface area contributed by atoms with Gasteiger partial charge in [-0.15, -0.1) is 10.1 Å². The number of carbonyl (C=O) groups is 1. The van der Waals surface area contributed by atoms with Crippen LogP contribution in [0.2, 0.25) is 0 Å². The molecule has 3 aromatic rings. The number of aliphatic hydroxyl groups excluding tert-OH is 2. The number of benzene rings is 2. The second-order valence-corrected chi connectivity index (χ2v) is 12.6. The second-order valence-electron chi connectivity index (χ2n) is 10.6. The van der Waals surface area contributed by atoms with Crippen molar-refractivity contribution < 1.29 is 42.5 Å². The fourth-order valence-electron chi connectivity index (χ4n) is 4.20. The van der Waals surface area contributed by atoms with Crippen molar-refractivity contribution in [2.75, 3.05) is 17.6 Å². The number of esters is 1. The van der Waals surface area contributed by atoms with Gasteiger partial charge >= 0.3 is 5.97 Å². The van der Waals surface area contributed by atoms with Crippen molar-refractivity contribution in [3.05, 3.63) is 92.9 Å². The van der Waals surface area contributed by atoms with Gasteiger partial charge in [-0.1, -0.05) is 50.3 Å². The van der Waals surface area contributed by atoms with Gasteiger partial charge in [0.1, 0.15) is 19.0 Å². The first-order valence-corrected chi connectivity index (χ1v) is 15.7. The molecule has 3 rings (SSSR count). The van der Waals surface area contributed by atoms with Crippen LogP contribution in [0.5, 0.6) is 0 Å². The first kappa shape index (κ1) is 35.0. The molecule has 0 bridgehead atoms. The summed E-state index contributed by atoms with van der Waals surface area (Å²) >= 11 is 0. The normalized spacial score (nSPS) is 13.1. The predicted octanol–water partition coefficient (Wildman–Crippen LogP) is 3.77. The van der Waals surface area contributed by atoms with E-state index in [0.29, 0.717) is 33.6 Å². The molecule has 13 nitrogen and oxygen atoms in total. The molecule has 0 spiro atoms. The molecule has 0 radical (unpaired) electrons. The summed E-state index contributed by atoms with van der Waals surface area (Å²) in [6.45, 7) is 3.31. The van der Waals surface area contributed by atoms with E-state index in [1.807, 2.05) is 13.8 Å². The number of anilines is 1. The predicted molar refractivity (Wildman–Crippen MR) is 163 cm³/mol. The number of nitrogens with zero attached hydrogens (tertiary/aromatic N) is 4. The van der Waals surface area contributed by atoms with Crippen molar-refractivity contribution in [1.82, 2.24) is 9.97 Å². The Balaban J connectivity index is 1.74. The van der Waals surface area contributed by atoms with Crippen LogP contribution in [-0.4, -0.2) is 65.2 Å². The standard InChI is InChI=1S/C30H35FN4O9S/c1-19(2)28-26(29(22-8-10-23(31)11-9-22)33-30(32-28)34(3)45(4,41)42)13-12-24(36)15-25(37)16-27(38)43-17-20-6-5-7-21(14-20)18-44-35(39)40/h5-14,19,24-25,36-37H,15-18H2,1-4H3/b13-12+/t24-,25-/m1/s1. The SMILES string of the molecule is CC(C)c1nc(N(C)S(C)(=O)=O)nc(-c2ccc(F)cc2)c1/C=C/[C@@H](O)C[C@@H](O)CC(=O)OCc1cccc(CO[N+](=O)[O-])c1. The van der Waals surface area contributed by atoms with Crippen LogP contribution in [0.3, 0.4) is 0 Å². The maximum absolute atomic E-state index is 13.7. The Morgan fingerprint density at radius 1 is 1.11 bits per heavy atom. The lowest BCUT2D eigenvalue weighted by molar-refractivity contribution is -0.763. The molecule has 1 aromatic heterocycles. The molecule has 0 amide bonds. The quantitative estimate of drug-likeness (QED) is 0.139. The zero-order chi connectivity index (χ0) is 33.3. The van der Waals surface area contributed by atoms with E-state index in [4.69, 9.17) is 4.74 Å². The number of carbonyl (C=O) groups excluding carboxylic acids is 1. The third kappa shape index (κ3) is 10.6. The molecule has 0 fully saturated rings. The van der Waals surface area contributed by atoms with Crippen LogP contribution in [0.15, 0.2) is 54.6 Å². The summed E-state index contributed by atoms with van der Waals surface area (Å²) in [7, 11) is -2.38. The topological polar surface area (TPSA) is 182 Å². The Morgan fingerprint density at radius 3 is 2.36 bits per heavy atom. The Bertz CT molecular complexity index is 1630. The van der Waals surface area contributed by atoms with Gasteiger partial charge in [0.15, 0.2) is 0 Å². The Morgan fingerprint density at radius 2 is 1.76 bits per heavy atom. The molecule has 2 aromatic carbocycles. The highest BCUT2D eigenvalue weighted by atomic mass is 32.2. The van der Waals surface area contributed by atoms with Crippen molar-refractivity contribution in [1.29, 1.82) is 0 Å². The molecule has 0 aliphatic heterocycles. The largest absolute Gasteiger partial charge is 0.461 e. The van der Waals surface area contributed by atoms with Crippen LogP contribution >= 0.6 is 0 Å². The average Bonchev–Trinajstić information content (AvgIpc) is 2.97. The number of hydrogen-bond donors (Lipinski definition) is 2. The smallest absolute Gasteiger partial charge is 0.308 e. The molecule has 0 saturated heterocycles. The van der Waals surface area contributed by atoms with Crippen LogP contribution in [-0.2, 0) is 37.6 Å². The lowest BCUT2D eigenvalue weighted by Gasteiger charge is -2.20. The van der Waals surface area contributed by atoms with Gasteiger partial charge < -0.3 is 19.8 Å². The van der Waals surface area contributed by atoms with Crippen LogP contribution < -0.4 is 4.31 Å². The minimum absolute atomic E-state index is 0.0798. The van der Waals surface area contributed by atoms with Gasteiger partial charge in [-0.3, -0.25) is 4.79 Å². The fraction of sp³-hybridized carbons (Fsp3) is 0.367. The van der Waals surface area contributed by atoms with E-state index in [9.17, 15) is 37.9 Å². The van der Waals surface area contributed by atoms with Gasteiger partial charge in [0.05, 0.1) is 36.3 Å². The molecule has 15 heteroatoms.